The number of amides is 1. The Balaban J connectivity index is 1.99. The molecule has 110 valence electrons. The highest BCUT2D eigenvalue weighted by Crippen LogP contribution is 2.12. The molecular weight excluding hydrogens is 268 g/mol. The highest BCUT2D eigenvalue weighted by molar-refractivity contribution is 5.84. The summed E-state index contributed by atoms with van der Waals surface area (Å²) in [6, 6.07) is 9.46. The maximum absolute atomic E-state index is 11.8. The van der Waals surface area contributed by atoms with Crippen molar-refractivity contribution in [3.05, 3.63) is 53.5 Å². The van der Waals surface area contributed by atoms with Crippen molar-refractivity contribution in [2.45, 2.75) is 26.5 Å². The number of nitrogens with one attached hydrogen (secondary N) is 1. The van der Waals surface area contributed by atoms with Gasteiger partial charge in [-0.15, -0.1) is 0 Å². The first-order valence-corrected chi connectivity index (χ1v) is 6.75. The summed E-state index contributed by atoms with van der Waals surface area (Å²) in [5.74, 6) is 1.05. The van der Waals surface area contributed by atoms with Gasteiger partial charge in [0.1, 0.15) is 18.2 Å². The number of ether oxygens (including phenoxy) is 1. The van der Waals surface area contributed by atoms with Crippen molar-refractivity contribution < 1.29 is 9.53 Å². The quantitative estimate of drug-likeness (QED) is 0.879. The van der Waals surface area contributed by atoms with Gasteiger partial charge in [0.05, 0.1) is 0 Å². The molecule has 6 heteroatoms. The fraction of sp³-hybridized carbons (Fsp3) is 0.267. The van der Waals surface area contributed by atoms with Crippen LogP contribution in [0.2, 0.25) is 0 Å². The van der Waals surface area contributed by atoms with Crippen molar-refractivity contribution in [3.8, 4) is 0 Å². The van der Waals surface area contributed by atoms with Crippen LogP contribution >= 0.6 is 0 Å². The fourth-order valence-electron chi connectivity index (χ4n) is 1.73. The van der Waals surface area contributed by atoms with Gasteiger partial charge in [0.25, 0.3) is 0 Å². The smallest absolute Gasteiger partial charge is 0.413 e. The average molecular weight is 286 g/mol. The molecule has 0 fully saturated rings. The Morgan fingerprint density at radius 2 is 2.10 bits per heavy atom. The number of nitrogens with two attached hydrogens (primary N) is 1. The van der Waals surface area contributed by atoms with Crippen molar-refractivity contribution in [2.75, 3.05) is 5.32 Å². The summed E-state index contributed by atoms with van der Waals surface area (Å²) in [4.78, 5) is 20.2. The lowest BCUT2D eigenvalue weighted by molar-refractivity contribution is 0.155. The molecule has 1 aromatic heterocycles. The minimum absolute atomic E-state index is 0.205. The van der Waals surface area contributed by atoms with E-state index in [1.54, 1.807) is 6.20 Å². The average Bonchev–Trinajstić information content (AvgIpc) is 2.54. The third-order valence-corrected chi connectivity index (χ3v) is 2.88. The van der Waals surface area contributed by atoms with Crippen LogP contribution in [0.4, 0.5) is 10.6 Å². The van der Waals surface area contributed by atoms with Crippen molar-refractivity contribution in [1.29, 1.82) is 0 Å². The summed E-state index contributed by atoms with van der Waals surface area (Å²) in [7, 11) is 0. The minimum atomic E-state index is -0.561. The van der Waals surface area contributed by atoms with Crippen LogP contribution < -0.4 is 11.1 Å². The number of benzene rings is 1. The van der Waals surface area contributed by atoms with Gasteiger partial charge in [-0.2, -0.15) is 0 Å². The lowest BCUT2D eigenvalue weighted by Gasteiger charge is -2.10. The Morgan fingerprint density at radius 3 is 2.76 bits per heavy atom. The zero-order valence-electron chi connectivity index (χ0n) is 11.9. The number of hydrogen-bond acceptors (Lipinski definition) is 5. The molecule has 0 aliphatic heterocycles. The van der Waals surface area contributed by atoms with Crippen LogP contribution in [0.1, 0.15) is 23.9 Å². The topological polar surface area (TPSA) is 90.1 Å². The van der Waals surface area contributed by atoms with Crippen LogP contribution in [0, 0.1) is 0 Å². The standard InChI is InChI=1S/C15H18N4O2/c1-2-13-17-9-12(8-16)14(18-13)19-15(20)21-10-11-6-4-3-5-7-11/h3-7,9H,2,8,10,16H2,1H3,(H,17,18,19,20). The summed E-state index contributed by atoms with van der Waals surface area (Å²) < 4.78 is 5.15. The van der Waals surface area contributed by atoms with Crippen molar-refractivity contribution in [2.24, 2.45) is 5.73 Å². The van der Waals surface area contributed by atoms with Crippen LogP contribution in [0.15, 0.2) is 36.5 Å². The number of rotatable bonds is 5. The third kappa shape index (κ3) is 4.25. The maximum Gasteiger partial charge on any atom is 0.413 e. The van der Waals surface area contributed by atoms with E-state index in [0.717, 1.165) is 5.56 Å². The van der Waals surface area contributed by atoms with E-state index in [9.17, 15) is 4.79 Å². The van der Waals surface area contributed by atoms with E-state index >= 15 is 0 Å². The van der Waals surface area contributed by atoms with E-state index in [1.165, 1.54) is 0 Å². The maximum atomic E-state index is 11.8. The van der Waals surface area contributed by atoms with Gasteiger partial charge >= 0.3 is 6.09 Å². The Kier molecular flexibility index (Phi) is 5.22. The highest BCUT2D eigenvalue weighted by Gasteiger charge is 2.10. The molecule has 0 spiro atoms. The van der Waals surface area contributed by atoms with Gasteiger partial charge < -0.3 is 10.5 Å². The van der Waals surface area contributed by atoms with Crippen LogP contribution in [-0.2, 0) is 24.3 Å². The molecule has 1 amide bonds. The van der Waals surface area contributed by atoms with Gasteiger partial charge in [-0.1, -0.05) is 37.3 Å². The van der Waals surface area contributed by atoms with E-state index in [4.69, 9.17) is 10.5 Å². The van der Waals surface area contributed by atoms with Crippen LogP contribution in [-0.4, -0.2) is 16.1 Å². The largest absolute Gasteiger partial charge is 0.444 e. The fourth-order valence-corrected chi connectivity index (χ4v) is 1.73. The van der Waals surface area contributed by atoms with Crippen LogP contribution in [0.25, 0.3) is 0 Å². The van der Waals surface area contributed by atoms with Gasteiger partial charge in [-0.25, -0.2) is 14.8 Å². The molecule has 0 atom stereocenters. The summed E-state index contributed by atoms with van der Waals surface area (Å²) in [6.45, 7) is 2.39. The number of hydrogen-bond donors (Lipinski definition) is 2. The summed E-state index contributed by atoms with van der Waals surface area (Å²) in [6.07, 6.45) is 1.74. The minimum Gasteiger partial charge on any atom is -0.444 e. The molecule has 1 heterocycles. The Bertz CT molecular complexity index is 602. The number of nitrogens with zero attached hydrogens (tertiary/aromatic N) is 2. The monoisotopic (exact) mass is 286 g/mol. The van der Waals surface area contributed by atoms with Crippen LogP contribution in [0.5, 0.6) is 0 Å². The first-order chi connectivity index (χ1) is 10.2. The zero-order chi connectivity index (χ0) is 15.1. The highest BCUT2D eigenvalue weighted by atomic mass is 16.5. The molecule has 3 N–H and O–H groups in total. The first kappa shape index (κ1) is 14.9. The predicted molar refractivity (Wildman–Crippen MR) is 79.6 cm³/mol. The predicted octanol–water partition coefficient (Wildman–Crippen LogP) is 2.25. The van der Waals surface area contributed by atoms with Crippen molar-refractivity contribution in [3.63, 3.8) is 0 Å². The van der Waals surface area contributed by atoms with Gasteiger partial charge in [-0.05, 0) is 5.56 Å². The summed E-state index contributed by atoms with van der Waals surface area (Å²) in [5.41, 5.74) is 7.20. The molecule has 2 rings (SSSR count). The van der Waals surface area contributed by atoms with Gasteiger partial charge in [-0.3, -0.25) is 5.32 Å². The molecule has 0 aliphatic carbocycles. The molecule has 0 unspecified atom stereocenters. The second-order valence-corrected chi connectivity index (χ2v) is 4.40. The van der Waals surface area contributed by atoms with Gasteiger partial charge in [0, 0.05) is 24.7 Å². The first-order valence-electron chi connectivity index (χ1n) is 6.75. The molecule has 1 aromatic carbocycles. The Morgan fingerprint density at radius 1 is 1.33 bits per heavy atom. The van der Waals surface area contributed by atoms with Crippen molar-refractivity contribution >= 4 is 11.9 Å². The molecule has 6 nitrogen and oxygen atoms in total. The molecule has 0 radical (unpaired) electrons. The molecule has 0 bridgehead atoms. The van der Waals surface area contributed by atoms with Crippen molar-refractivity contribution in [1.82, 2.24) is 9.97 Å². The summed E-state index contributed by atoms with van der Waals surface area (Å²) >= 11 is 0. The van der Waals surface area contributed by atoms with Gasteiger partial charge in [0.15, 0.2) is 0 Å². The van der Waals surface area contributed by atoms with E-state index in [2.05, 4.69) is 15.3 Å². The lowest BCUT2D eigenvalue weighted by Crippen LogP contribution is -2.17. The van der Waals surface area contributed by atoms with Crippen LogP contribution in [0.3, 0.4) is 0 Å². The zero-order valence-corrected chi connectivity index (χ0v) is 11.9. The molecule has 2 aromatic rings. The molecular formula is C15H18N4O2. The number of aryl methyl sites for hydroxylation is 1. The van der Waals surface area contributed by atoms with E-state index in [-0.39, 0.29) is 13.2 Å². The number of carbonyl (C=O) groups excluding carboxylic acids is 1. The number of carbonyl (C=O) groups is 1. The van der Waals surface area contributed by atoms with E-state index < -0.39 is 6.09 Å². The Labute approximate surface area is 123 Å². The molecule has 0 saturated heterocycles. The number of anilines is 1. The molecule has 0 saturated carbocycles. The normalized spacial score (nSPS) is 10.2. The molecule has 0 aliphatic rings. The second kappa shape index (κ2) is 7.35. The summed E-state index contributed by atoms with van der Waals surface area (Å²) in [5, 5.41) is 2.61. The van der Waals surface area contributed by atoms with E-state index in [0.29, 0.717) is 23.6 Å². The lowest BCUT2D eigenvalue weighted by atomic mass is 10.2. The van der Waals surface area contributed by atoms with E-state index in [1.807, 2.05) is 37.3 Å². The molecule has 21 heavy (non-hydrogen) atoms. The number of aromatic nitrogens is 2. The SMILES string of the molecule is CCc1ncc(CN)c(NC(=O)OCc2ccccc2)n1. The third-order valence-electron chi connectivity index (χ3n) is 2.88. The second-order valence-electron chi connectivity index (χ2n) is 4.40. The Hall–Kier alpha value is -2.47. The van der Waals surface area contributed by atoms with Gasteiger partial charge in [0.2, 0.25) is 0 Å².